The fourth-order valence-electron chi connectivity index (χ4n) is 2.21. The van der Waals surface area contributed by atoms with Gasteiger partial charge in [0.25, 0.3) is 0 Å². The third-order valence-corrected chi connectivity index (χ3v) is 3.10. The number of rotatable bonds is 3. The number of hydrogen-bond donors (Lipinski definition) is 1. The zero-order valence-corrected chi connectivity index (χ0v) is 11.6. The molecule has 17 heavy (non-hydrogen) atoms. The van der Waals surface area contributed by atoms with Crippen LogP contribution in [0.2, 0.25) is 0 Å². The third-order valence-electron chi connectivity index (χ3n) is 3.10. The van der Waals surface area contributed by atoms with E-state index in [1.54, 1.807) is 0 Å². The van der Waals surface area contributed by atoms with Gasteiger partial charge in [-0.05, 0) is 25.2 Å². The molecule has 0 aromatic carbocycles. The fraction of sp³-hybridized carbons (Fsp3) is 0.786. The van der Waals surface area contributed by atoms with Gasteiger partial charge in [-0.2, -0.15) is 0 Å². The topological polar surface area (TPSA) is 46.3 Å². The Labute approximate surface area is 105 Å². The predicted octanol–water partition coefficient (Wildman–Crippen LogP) is 2.32. The first-order valence-corrected chi connectivity index (χ1v) is 6.47. The van der Waals surface area contributed by atoms with Crippen molar-refractivity contribution in [3.05, 3.63) is 11.6 Å². The van der Waals surface area contributed by atoms with Crippen molar-refractivity contribution in [1.29, 1.82) is 0 Å². The molecule has 0 aliphatic carbocycles. The van der Waals surface area contributed by atoms with Gasteiger partial charge in [0, 0.05) is 25.6 Å². The number of nitrogens with zero attached hydrogens (tertiary/aromatic N) is 1. The Hall–Kier alpha value is -0.830. The predicted molar refractivity (Wildman–Crippen MR) is 71.6 cm³/mol. The van der Waals surface area contributed by atoms with Gasteiger partial charge in [-0.3, -0.25) is 4.79 Å². The molecule has 1 unspecified atom stereocenters. The maximum Gasteiger partial charge on any atom is 0.224 e. The van der Waals surface area contributed by atoms with E-state index in [-0.39, 0.29) is 17.4 Å². The maximum absolute atomic E-state index is 12.0. The zero-order valence-electron chi connectivity index (χ0n) is 11.6. The number of amides is 1. The van der Waals surface area contributed by atoms with Gasteiger partial charge in [0.05, 0.1) is 0 Å². The van der Waals surface area contributed by atoms with Gasteiger partial charge in [0.15, 0.2) is 0 Å². The highest BCUT2D eigenvalue weighted by Gasteiger charge is 2.21. The molecule has 0 aromatic rings. The monoisotopic (exact) mass is 238 g/mol. The Morgan fingerprint density at radius 1 is 1.53 bits per heavy atom. The van der Waals surface area contributed by atoms with Crippen LogP contribution in [0.1, 0.15) is 47.0 Å². The quantitative estimate of drug-likeness (QED) is 0.767. The molecule has 0 aromatic heterocycles. The fourth-order valence-corrected chi connectivity index (χ4v) is 2.21. The molecule has 1 amide bonds. The van der Waals surface area contributed by atoms with Crippen molar-refractivity contribution < 1.29 is 4.79 Å². The largest absolute Gasteiger partial charge is 0.339 e. The normalized spacial score (nSPS) is 18.9. The summed E-state index contributed by atoms with van der Waals surface area (Å²) in [7, 11) is 0. The van der Waals surface area contributed by atoms with Crippen molar-refractivity contribution >= 4 is 5.91 Å². The SMILES string of the molecule is CC1=CCN(C(=O)CC(N)CC(C)(C)C)CC1. The van der Waals surface area contributed by atoms with Crippen molar-refractivity contribution in [2.75, 3.05) is 13.1 Å². The molecule has 1 aliphatic heterocycles. The van der Waals surface area contributed by atoms with E-state index < -0.39 is 0 Å². The van der Waals surface area contributed by atoms with Crippen LogP contribution < -0.4 is 5.73 Å². The molecule has 0 fully saturated rings. The van der Waals surface area contributed by atoms with Crippen molar-refractivity contribution in [2.24, 2.45) is 11.1 Å². The summed E-state index contributed by atoms with van der Waals surface area (Å²) in [5.41, 5.74) is 7.61. The molecule has 1 atom stereocenters. The summed E-state index contributed by atoms with van der Waals surface area (Å²) in [5.74, 6) is 0.200. The van der Waals surface area contributed by atoms with E-state index >= 15 is 0 Å². The first-order chi connectivity index (χ1) is 7.78. The molecule has 3 nitrogen and oxygen atoms in total. The maximum atomic E-state index is 12.0. The van der Waals surface area contributed by atoms with Crippen LogP contribution in [0.15, 0.2) is 11.6 Å². The smallest absolute Gasteiger partial charge is 0.224 e. The van der Waals surface area contributed by atoms with Crippen molar-refractivity contribution in [3.8, 4) is 0 Å². The highest BCUT2D eigenvalue weighted by molar-refractivity contribution is 5.77. The van der Waals surface area contributed by atoms with E-state index in [1.807, 2.05) is 4.90 Å². The molecule has 1 heterocycles. The Balaban J connectivity index is 2.39. The van der Waals surface area contributed by atoms with Crippen LogP contribution in [-0.2, 0) is 4.79 Å². The number of carbonyl (C=O) groups is 1. The van der Waals surface area contributed by atoms with Gasteiger partial charge in [-0.15, -0.1) is 0 Å². The molecule has 3 heteroatoms. The minimum atomic E-state index is -0.0190. The van der Waals surface area contributed by atoms with Gasteiger partial charge < -0.3 is 10.6 Å². The third kappa shape index (κ3) is 5.35. The number of hydrogen-bond acceptors (Lipinski definition) is 2. The second-order valence-electron chi connectivity index (χ2n) is 6.37. The zero-order chi connectivity index (χ0) is 13.1. The Morgan fingerprint density at radius 3 is 2.65 bits per heavy atom. The second kappa shape index (κ2) is 5.67. The highest BCUT2D eigenvalue weighted by Crippen LogP contribution is 2.21. The van der Waals surface area contributed by atoms with E-state index in [2.05, 4.69) is 33.8 Å². The summed E-state index contributed by atoms with van der Waals surface area (Å²) in [4.78, 5) is 13.9. The molecule has 0 radical (unpaired) electrons. The first kappa shape index (κ1) is 14.2. The van der Waals surface area contributed by atoms with Crippen LogP contribution in [0.4, 0.5) is 0 Å². The van der Waals surface area contributed by atoms with Gasteiger partial charge in [-0.25, -0.2) is 0 Å². The van der Waals surface area contributed by atoms with E-state index in [0.717, 1.165) is 25.9 Å². The Bertz CT molecular complexity index is 302. The number of nitrogens with two attached hydrogens (primary N) is 1. The Morgan fingerprint density at radius 2 is 2.18 bits per heavy atom. The standard InChI is InChI=1S/C14H26N2O/c1-11-5-7-16(8-6-11)13(17)9-12(15)10-14(2,3)4/h5,12H,6-10,15H2,1-4H3. The average molecular weight is 238 g/mol. The van der Waals surface area contributed by atoms with Crippen LogP contribution in [0.25, 0.3) is 0 Å². The van der Waals surface area contributed by atoms with Gasteiger partial charge in [0.1, 0.15) is 0 Å². The summed E-state index contributed by atoms with van der Waals surface area (Å²) >= 11 is 0. The van der Waals surface area contributed by atoms with Crippen molar-refractivity contribution in [1.82, 2.24) is 4.90 Å². The van der Waals surface area contributed by atoms with Gasteiger partial charge in [-0.1, -0.05) is 32.4 Å². The van der Waals surface area contributed by atoms with Crippen molar-refractivity contribution in [3.63, 3.8) is 0 Å². The van der Waals surface area contributed by atoms with Crippen LogP contribution in [0.5, 0.6) is 0 Å². The summed E-state index contributed by atoms with van der Waals surface area (Å²) in [6.07, 6.45) is 4.50. The molecule has 98 valence electrons. The molecular weight excluding hydrogens is 212 g/mol. The lowest BCUT2D eigenvalue weighted by molar-refractivity contribution is -0.131. The van der Waals surface area contributed by atoms with Gasteiger partial charge >= 0.3 is 0 Å². The molecule has 0 spiro atoms. The molecule has 2 N–H and O–H groups in total. The molecule has 0 bridgehead atoms. The van der Waals surface area contributed by atoms with Crippen LogP contribution >= 0.6 is 0 Å². The highest BCUT2D eigenvalue weighted by atomic mass is 16.2. The average Bonchev–Trinajstić information content (AvgIpc) is 2.15. The lowest BCUT2D eigenvalue weighted by atomic mass is 9.87. The van der Waals surface area contributed by atoms with E-state index in [0.29, 0.717) is 6.42 Å². The first-order valence-electron chi connectivity index (χ1n) is 6.47. The van der Waals surface area contributed by atoms with E-state index in [4.69, 9.17) is 5.73 Å². The summed E-state index contributed by atoms with van der Waals surface area (Å²) in [5, 5.41) is 0. The summed E-state index contributed by atoms with van der Waals surface area (Å²) in [6, 6.07) is -0.0190. The second-order valence-corrected chi connectivity index (χ2v) is 6.37. The molecule has 0 saturated heterocycles. The minimum absolute atomic E-state index is 0.0190. The van der Waals surface area contributed by atoms with E-state index in [9.17, 15) is 4.79 Å². The lowest BCUT2D eigenvalue weighted by Gasteiger charge is -2.28. The van der Waals surface area contributed by atoms with Crippen LogP contribution in [0, 0.1) is 5.41 Å². The lowest BCUT2D eigenvalue weighted by Crippen LogP contribution is -2.39. The van der Waals surface area contributed by atoms with Crippen LogP contribution in [0.3, 0.4) is 0 Å². The minimum Gasteiger partial charge on any atom is -0.339 e. The molecule has 0 saturated carbocycles. The molecular formula is C14H26N2O. The van der Waals surface area contributed by atoms with E-state index in [1.165, 1.54) is 5.57 Å². The summed E-state index contributed by atoms with van der Waals surface area (Å²) < 4.78 is 0. The molecule has 1 aliphatic rings. The Kier molecular flexibility index (Phi) is 4.75. The van der Waals surface area contributed by atoms with Crippen molar-refractivity contribution in [2.45, 2.75) is 53.0 Å². The molecule has 1 rings (SSSR count). The summed E-state index contributed by atoms with van der Waals surface area (Å²) in [6.45, 7) is 10.2. The van der Waals surface area contributed by atoms with Crippen LogP contribution in [-0.4, -0.2) is 29.9 Å². The number of carbonyl (C=O) groups excluding carboxylic acids is 1. The van der Waals surface area contributed by atoms with Gasteiger partial charge in [0.2, 0.25) is 5.91 Å².